The summed E-state index contributed by atoms with van der Waals surface area (Å²) in [5.41, 5.74) is 7.66. The molecule has 0 aliphatic carbocycles. The fraction of sp³-hybridized carbons (Fsp3) is 0.238. The lowest BCUT2D eigenvalue weighted by molar-refractivity contribution is -0.290. The average molecular weight is 1350 g/mol. The zero-order chi connectivity index (χ0) is 69.7. The average Bonchev–Trinajstić information content (AvgIpc) is 0.752. The highest BCUT2D eigenvalue weighted by atomic mass is 16.7. The highest BCUT2D eigenvalue weighted by molar-refractivity contribution is 5.80. The van der Waals surface area contributed by atoms with Crippen LogP contribution in [0.3, 0.4) is 0 Å². The molecule has 0 amide bonds. The number of benzene rings is 10. The summed E-state index contributed by atoms with van der Waals surface area (Å²) < 4.78 is 57.2. The Morgan fingerprint density at radius 3 is 0.740 bits per heavy atom. The van der Waals surface area contributed by atoms with E-state index < -0.39 is 69.7 Å². The number of rotatable bonds is 16. The number of hydrogen-bond donors (Lipinski definition) is 2. The molecular formula is C84H80O16. The largest absolute Gasteiger partial charge is 0.477 e. The molecule has 0 radical (unpaired) electrons. The predicted molar refractivity (Wildman–Crippen MR) is 375 cm³/mol. The Balaban J connectivity index is 0.000000135. The van der Waals surface area contributed by atoms with Gasteiger partial charge in [0.05, 0.1) is 87.7 Å². The molecule has 0 aromatic heterocycles. The summed E-state index contributed by atoms with van der Waals surface area (Å²) in [5.74, 6) is -6.60. The molecule has 4 aliphatic rings. The minimum Gasteiger partial charge on any atom is -0.477 e. The Morgan fingerprint density at radius 1 is 0.300 bits per heavy atom. The smallest absolute Gasteiger partial charge is 0.372 e. The van der Waals surface area contributed by atoms with Crippen molar-refractivity contribution in [3.63, 3.8) is 0 Å². The first kappa shape index (κ1) is 71.1. The minimum absolute atomic E-state index is 0.197. The molecular weight excluding hydrogens is 1260 g/mol. The second kappa shape index (κ2) is 33.1. The standard InChI is InChI=1S/C25H24O4.C23H20O4.C19H20O4.C17H16O4/c1-2-27-23(26)25(22-16-10-5-11-17-22)28-18-24(19-29-25,20-12-6-3-7-13-20)21-14-8-4-9-15-21;24-21(25)23(20-14-8-3-9-15-20)26-16-22(17-27-23,18-10-4-1-5-11-18)19-12-6-2-7-13-19;1-2-21-17(20)18-22-13-19(14-23-18,15-9-5-3-6-10-15)16-11-7-4-8-12-16;18-15(19)16-20-11-17(12-21-16,13-7-3-1-4-8-13)14-9-5-2-6-10-14/h3-17H,2,18-19H2,1H3;1-15H,16-17H2,(H,24,25);3-12,18H,2,13-14H2,1H3;1-10,16H,11-12H2,(H,18,19). The Kier molecular flexibility index (Phi) is 23.5. The van der Waals surface area contributed by atoms with Crippen molar-refractivity contribution >= 4 is 23.9 Å². The maximum absolute atomic E-state index is 12.9. The summed E-state index contributed by atoms with van der Waals surface area (Å²) in [7, 11) is 0. The fourth-order valence-electron chi connectivity index (χ4n) is 13.0. The number of esters is 2. The van der Waals surface area contributed by atoms with Gasteiger partial charge in [0.1, 0.15) is 0 Å². The van der Waals surface area contributed by atoms with Gasteiger partial charge >= 0.3 is 23.9 Å². The fourth-order valence-corrected chi connectivity index (χ4v) is 13.0. The van der Waals surface area contributed by atoms with Crippen LogP contribution in [0.4, 0.5) is 0 Å². The van der Waals surface area contributed by atoms with Gasteiger partial charge in [-0.05, 0) is 58.4 Å². The van der Waals surface area contributed by atoms with E-state index in [9.17, 15) is 24.3 Å². The zero-order valence-electron chi connectivity index (χ0n) is 55.7. The van der Waals surface area contributed by atoms with Crippen LogP contribution >= 0.6 is 0 Å². The number of carbonyl (C=O) groups excluding carboxylic acids is 2. The third-order valence-corrected chi connectivity index (χ3v) is 18.4. The van der Waals surface area contributed by atoms with Crippen molar-refractivity contribution in [1.82, 2.24) is 0 Å². The molecule has 10 aromatic rings. The van der Waals surface area contributed by atoms with E-state index in [1.165, 1.54) is 0 Å². The molecule has 0 bridgehead atoms. The molecule has 10 aromatic carbocycles. The Hall–Kier alpha value is -10.2. The molecule has 4 heterocycles. The van der Waals surface area contributed by atoms with Crippen LogP contribution in [0.2, 0.25) is 0 Å². The zero-order valence-corrected chi connectivity index (χ0v) is 55.7. The number of carboxylic acid groups (broad SMARTS) is 2. The van der Waals surface area contributed by atoms with E-state index in [2.05, 4.69) is 48.5 Å². The summed E-state index contributed by atoms with van der Waals surface area (Å²) >= 11 is 0. The van der Waals surface area contributed by atoms with Gasteiger partial charge in [0.25, 0.3) is 24.2 Å². The van der Waals surface area contributed by atoms with Crippen molar-refractivity contribution in [3.8, 4) is 0 Å². The maximum atomic E-state index is 12.9. The molecule has 16 heteroatoms. The van der Waals surface area contributed by atoms with Crippen molar-refractivity contribution in [2.45, 2.75) is 59.7 Å². The van der Waals surface area contributed by atoms with E-state index in [-0.39, 0.29) is 46.2 Å². The summed E-state index contributed by atoms with van der Waals surface area (Å²) in [4.78, 5) is 47.8. The number of carboxylic acids is 2. The molecule has 100 heavy (non-hydrogen) atoms. The first-order valence-electron chi connectivity index (χ1n) is 33.2. The van der Waals surface area contributed by atoms with Gasteiger partial charge in [-0.2, -0.15) is 0 Å². The van der Waals surface area contributed by atoms with Gasteiger partial charge < -0.3 is 57.6 Å². The van der Waals surface area contributed by atoms with Gasteiger partial charge in [-0.15, -0.1) is 0 Å². The van der Waals surface area contributed by atoms with E-state index in [1.807, 2.05) is 231 Å². The van der Waals surface area contributed by atoms with Crippen LogP contribution in [0.1, 0.15) is 69.5 Å². The molecule has 4 fully saturated rings. The summed E-state index contributed by atoms with van der Waals surface area (Å²) in [6, 6.07) is 98.2. The number of carbonyl (C=O) groups is 4. The summed E-state index contributed by atoms with van der Waals surface area (Å²) in [6.45, 7) is 6.35. The van der Waals surface area contributed by atoms with Crippen molar-refractivity contribution in [2.75, 3.05) is 66.1 Å². The van der Waals surface area contributed by atoms with E-state index >= 15 is 0 Å². The van der Waals surface area contributed by atoms with Gasteiger partial charge in [-0.3, -0.25) is 0 Å². The molecule has 512 valence electrons. The van der Waals surface area contributed by atoms with Gasteiger partial charge in [-0.1, -0.05) is 303 Å². The lowest BCUT2D eigenvalue weighted by Crippen LogP contribution is -2.55. The van der Waals surface area contributed by atoms with E-state index in [0.717, 1.165) is 44.5 Å². The molecule has 0 unspecified atom stereocenters. The van der Waals surface area contributed by atoms with E-state index in [0.29, 0.717) is 30.9 Å². The molecule has 0 saturated carbocycles. The topological polar surface area (TPSA) is 201 Å². The SMILES string of the molecule is CCOC(=O)C1(c2ccccc2)OCC(c2ccccc2)(c2ccccc2)CO1.CCOC(=O)C1OCC(c2ccccc2)(c2ccccc2)CO1.O=C(O)C1(c2ccccc2)OCC(c2ccccc2)(c2ccccc2)CO1.O=C(O)C1OCC(c2ccccc2)(c2ccccc2)CO1. The summed E-state index contributed by atoms with van der Waals surface area (Å²) in [6.07, 6.45) is -2.14. The maximum Gasteiger partial charge on any atom is 0.372 e. The van der Waals surface area contributed by atoms with Gasteiger partial charge in [0, 0.05) is 11.1 Å². The molecule has 0 spiro atoms. The predicted octanol–water partition coefficient (Wildman–Crippen LogP) is 13.7. The Labute approximate surface area is 582 Å². The molecule has 14 rings (SSSR count). The minimum atomic E-state index is -1.80. The van der Waals surface area contributed by atoms with Crippen molar-refractivity contribution in [3.05, 3.63) is 359 Å². The third-order valence-electron chi connectivity index (χ3n) is 18.4. The van der Waals surface area contributed by atoms with Gasteiger partial charge in [0.2, 0.25) is 0 Å². The van der Waals surface area contributed by atoms with Crippen LogP contribution in [0, 0.1) is 0 Å². The second-order valence-electron chi connectivity index (χ2n) is 24.4. The van der Waals surface area contributed by atoms with Crippen LogP contribution < -0.4 is 0 Å². The van der Waals surface area contributed by atoms with Crippen molar-refractivity contribution in [1.29, 1.82) is 0 Å². The highest BCUT2D eigenvalue weighted by Crippen LogP contribution is 2.46. The number of hydrogen-bond acceptors (Lipinski definition) is 14. The molecule has 2 N–H and O–H groups in total. The lowest BCUT2D eigenvalue weighted by Gasteiger charge is -2.45. The quantitative estimate of drug-likeness (QED) is 0.0864. The van der Waals surface area contributed by atoms with Gasteiger partial charge in [-0.25, -0.2) is 19.2 Å². The monoisotopic (exact) mass is 1340 g/mol. The number of aliphatic carboxylic acids is 2. The Bertz CT molecular complexity index is 3980. The van der Waals surface area contributed by atoms with Crippen LogP contribution in [-0.2, 0) is 99.8 Å². The molecule has 0 atom stereocenters. The van der Waals surface area contributed by atoms with E-state index in [1.54, 1.807) is 38.1 Å². The third kappa shape index (κ3) is 15.3. The van der Waals surface area contributed by atoms with Gasteiger partial charge in [0.15, 0.2) is 0 Å². The van der Waals surface area contributed by atoms with Crippen LogP contribution in [-0.4, -0.2) is 113 Å². The molecule has 4 saturated heterocycles. The normalized spacial score (nSPS) is 17.8. The van der Waals surface area contributed by atoms with E-state index in [4.69, 9.17) is 52.5 Å². The Morgan fingerprint density at radius 2 is 0.510 bits per heavy atom. The number of ether oxygens (including phenoxy) is 10. The highest BCUT2D eigenvalue weighted by Gasteiger charge is 2.55. The van der Waals surface area contributed by atoms with Crippen molar-refractivity contribution in [2.24, 2.45) is 0 Å². The lowest BCUT2D eigenvalue weighted by atomic mass is 9.75. The first-order valence-corrected chi connectivity index (χ1v) is 33.2. The summed E-state index contributed by atoms with van der Waals surface area (Å²) in [5, 5.41) is 18.9. The molecule has 16 nitrogen and oxygen atoms in total. The van der Waals surface area contributed by atoms with Crippen LogP contribution in [0.25, 0.3) is 0 Å². The van der Waals surface area contributed by atoms with Crippen LogP contribution in [0.5, 0.6) is 0 Å². The van der Waals surface area contributed by atoms with Crippen LogP contribution in [0.15, 0.2) is 303 Å². The second-order valence-corrected chi connectivity index (χ2v) is 24.4. The van der Waals surface area contributed by atoms with Crippen molar-refractivity contribution < 1.29 is 76.8 Å². The first-order chi connectivity index (χ1) is 48.9. The molecule has 4 aliphatic heterocycles.